The number of carbonyl (C=O) groups is 1. The smallest absolute Gasteiger partial charge is 0.341 e. The van der Waals surface area contributed by atoms with Crippen LogP contribution in [-0.2, 0) is 4.74 Å². The number of halogens is 3. The monoisotopic (exact) mass is 416 g/mol. The molecule has 1 aromatic heterocycles. The van der Waals surface area contributed by atoms with E-state index in [1.807, 2.05) is 0 Å². The highest BCUT2D eigenvalue weighted by Gasteiger charge is 2.28. The van der Waals surface area contributed by atoms with Crippen LogP contribution in [-0.4, -0.2) is 42.4 Å². The summed E-state index contributed by atoms with van der Waals surface area (Å²) in [5, 5.41) is 12.5. The number of hydrogen-bond acceptors (Lipinski definition) is 5. The van der Waals surface area contributed by atoms with Crippen molar-refractivity contribution in [1.82, 2.24) is 10.3 Å². The van der Waals surface area contributed by atoms with Crippen LogP contribution < -0.4 is 10.1 Å². The number of nitrogens with zero attached hydrogens (tertiary/aromatic N) is 1. The van der Waals surface area contributed by atoms with Gasteiger partial charge in [0.25, 0.3) is 0 Å². The van der Waals surface area contributed by atoms with E-state index in [1.54, 1.807) is 6.07 Å². The highest BCUT2D eigenvalue weighted by Crippen LogP contribution is 2.30. The number of benzene rings is 1. The molecule has 6 nitrogen and oxygen atoms in total. The van der Waals surface area contributed by atoms with Gasteiger partial charge < -0.3 is 19.9 Å². The van der Waals surface area contributed by atoms with Crippen LogP contribution in [0, 0.1) is 11.7 Å². The molecule has 0 unspecified atom stereocenters. The molecule has 1 fully saturated rings. The SMILES string of the molecule is Cl.O=C(O)c1cccnc1OC[C@@H]1CNCCO[C@H]1c1ccc(Cl)c(F)c1. The van der Waals surface area contributed by atoms with E-state index in [4.69, 9.17) is 21.1 Å². The van der Waals surface area contributed by atoms with Gasteiger partial charge in [0.15, 0.2) is 0 Å². The normalized spacial score (nSPS) is 19.6. The quantitative estimate of drug-likeness (QED) is 0.777. The fourth-order valence-corrected chi connectivity index (χ4v) is 2.96. The van der Waals surface area contributed by atoms with Crippen molar-refractivity contribution < 1.29 is 23.8 Å². The molecule has 0 spiro atoms. The maximum absolute atomic E-state index is 13.8. The molecule has 0 aliphatic carbocycles. The zero-order valence-corrected chi connectivity index (χ0v) is 15.8. The third-order valence-corrected chi connectivity index (χ3v) is 4.43. The maximum atomic E-state index is 13.8. The molecule has 2 heterocycles. The second-order valence-corrected chi connectivity index (χ2v) is 6.31. The van der Waals surface area contributed by atoms with Gasteiger partial charge in [-0.1, -0.05) is 17.7 Å². The first-order chi connectivity index (χ1) is 12.6. The van der Waals surface area contributed by atoms with Crippen LogP contribution >= 0.6 is 24.0 Å². The fraction of sp³-hybridized carbons (Fsp3) is 0.333. The highest BCUT2D eigenvalue weighted by molar-refractivity contribution is 6.30. The number of aromatic nitrogens is 1. The first kappa shape index (κ1) is 21.4. The van der Waals surface area contributed by atoms with Crippen LogP contribution in [0.15, 0.2) is 36.5 Å². The largest absolute Gasteiger partial charge is 0.477 e. The third-order valence-electron chi connectivity index (χ3n) is 4.12. The van der Waals surface area contributed by atoms with Gasteiger partial charge in [-0.05, 0) is 29.8 Å². The lowest BCUT2D eigenvalue weighted by Crippen LogP contribution is -2.29. The molecule has 1 saturated heterocycles. The fourth-order valence-electron chi connectivity index (χ4n) is 2.85. The first-order valence-corrected chi connectivity index (χ1v) is 8.52. The van der Waals surface area contributed by atoms with Crippen molar-refractivity contribution in [2.24, 2.45) is 5.92 Å². The van der Waals surface area contributed by atoms with Crippen molar-refractivity contribution in [2.75, 3.05) is 26.3 Å². The maximum Gasteiger partial charge on any atom is 0.341 e. The van der Waals surface area contributed by atoms with Gasteiger partial charge in [0, 0.05) is 25.2 Å². The Balaban J connectivity index is 0.00000261. The minimum atomic E-state index is -1.11. The van der Waals surface area contributed by atoms with Crippen molar-refractivity contribution in [3.05, 3.63) is 58.5 Å². The molecule has 2 aromatic rings. The topological polar surface area (TPSA) is 80.7 Å². The Hall–Kier alpha value is -1.93. The van der Waals surface area contributed by atoms with Crippen molar-refractivity contribution in [3.63, 3.8) is 0 Å². The van der Waals surface area contributed by atoms with Gasteiger partial charge in [0.1, 0.15) is 11.4 Å². The zero-order valence-electron chi connectivity index (χ0n) is 14.2. The van der Waals surface area contributed by atoms with Gasteiger partial charge in [-0.3, -0.25) is 0 Å². The average Bonchev–Trinajstić information content (AvgIpc) is 2.88. The van der Waals surface area contributed by atoms with E-state index in [1.165, 1.54) is 30.5 Å². The molecule has 3 rings (SSSR count). The Labute approximate surface area is 167 Å². The number of carboxylic acids is 1. The number of rotatable bonds is 5. The second kappa shape index (κ2) is 9.85. The first-order valence-electron chi connectivity index (χ1n) is 8.14. The molecular formula is C18H19Cl2FN2O4. The molecule has 146 valence electrons. The summed E-state index contributed by atoms with van der Waals surface area (Å²) in [7, 11) is 0. The minimum absolute atomic E-state index is 0. The Bertz CT molecular complexity index is 794. The highest BCUT2D eigenvalue weighted by atomic mass is 35.5. The summed E-state index contributed by atoms with van der Waals surface area (Å²) in [6.45, 7) is 1.87. The lowest BCUT2D eigenvalue weighted by Gasteiger charge is -2.25. The van der Waals surface area contributed by atoms with Crippen molar-refractivity contribution >= 4 is 30.0 Å². The van der Waals surface area contributed by atoms with Crippen LogP contribution in [0.4, 0.5) is 4.39 Å². The molecule has 0 radical (unpaired) electrons. The number of carboxylic acid groups (broad SMARTS) is 1. The van der Waals surface area contributed by atoms with Gasteiger partial charge in [0.05, 0.1) is 24.3 Å². The van der Waals surface area contributed by atoms with E-state index < -0.39 is 17.9 Å². The Kier molecular flexibility index (Phi) is 7.79. The molecule has 2 N–H and O–H groups in total. The molecule has 9 heteroatoms. The number of ether oxygens (including phenoxy) is 2. The lowest BCUT2D eigenvalue weighted by molar-refractivity contribution is 0.0144. The van der Waals surface area contributed by atoms with Crippen LogP contribution in [0.5, 0.6) is 5.88 Å². The summed E-state index contributed by atoms with van der Waals surface area (Å²) >= 11 is 5.76. The number of pyridine rings is 1. The molecule has 1 aliphatic heterocycles. The van der Waals surface area contributed by atoms with E-state index >= 15 is 0 Å². The Morgan fingerprint density at radius 2 is 2.26 bits per heavy atom. The van der Waals surface area contributed by atoms with E-state index in [9.17, 15) is 14.3 Å². The Morgan fingerprint density at radius 1 is 1.44 bits per heavy atom. The van der Waals surface area contributed by atoms with Crippen molar-refractivity contribution in [2.45, 2.75) is 6.10 Å². The van der Waals surface area contributed by atoms with E-state index in [-0.39, 0.29) is 41.4 Å². The molecule has 0 bridgehead atoms. The summed E-state index contributed by atoms with van der Waals surface area (Å²) in [5.41, 5.74) is 0.646. The molecule has 27 heavy (non-hydrogen) atoms. The lowest BCUT2D eigenvalue weighted by atomic mass is 9.96. The molecule has 0 saturated carbocycles. The number of nitrogens with one attached hydrogen (secondary N) is 1. The van der Waals surface area contributed by atoms with Gasteiger partial charge in [-0.25, -0.2) is 14.2 Å². The van der Waals surface area contributed by atoms with E-state index in [0.717, 1.165) is 0 Å². The van der Waals surface area contributed by atoms with Crippen LogP contribution in [0.1, 0.15) is 22.0 Å². The molecule has 1 aromatic carbocycles. The van der Waals surface area contributed by atoms with E-state index in [0.29, 0.717) is 25.3 Å². The second-order valence-electron chi connectivity index (χ2n) is 5.90. The molecular weight excluding hydrogens is 398 g/mol. The Morgan fingerprint density at radius 3 is 3.00 bits per heavy atom. The predicted octanol–water partition coefficient (Wildman–Crippen LogP) is 3.35. The average molecular weight is 417 g/mol. The summed E-state index contributed by atoms with van der Waals surface area (Å²) in [6.07, 6.45) is 1.06. The van der Waals surface area contributed by atoms with E-state index in [2.05, 4.69) is 10.3 Å². The number of aromatic carboxylic acids is 1. The van der Waals surface area contributed by atoms with Crippen molar-refractivity contribution in [3.8, 4) is 5.88 Å². The summed E-state index contributed by atoms with van der Waals surface area (Å²) < 4.78 is 25.4. The van der Waals surface area contributed by atoms with Crippen LogP contribution in [0.25, 0.3) is 0 Å². The summed E-state index contributed by atoms with van der Waals surface area (Å²) in [5.74, 6) is -1.74. The number of hydrogen-bond donors (Lipinski definition) is 2. The molecule has 0 amide bonds. The van der Waals surface area contributed by atoms with Crippen LogP contribution in [0.3, 0.4) is 0 Å². The summed E-state index contributed by atoms with van der Waals surface area (Å²) in [6, 6.07) is 7.53. The van der Waals surface area contributed by atoms with Crippen molar-refractivity contribution in [1.29, 1.82) is 0 Å². The molecule has 2 atom stereocenters. The molecule has 1 aliphatic rings. The van der Waals surface area contributed by atoms with Crippen LogP contribution in [0.2, 0.25) is 5.02 Å². The van der Waals surface area contributed by atoms with Gasteiger partial charge in [-0.15, -0.1) is 12.4 Å². The zero-order chi connectivity index (χ0) is 18.5. The third kappa shape index (κ3) is 5.29. The minimum Gasteiger partial charge on any atom is -0.477 e. The predicted molar refractivity (Wildman–Crippen MR) is 100 cm³/mol. The summed E-state index contributed by atoms with van der Waals surface area (Å²) in [4.78, 5) is 15.3. The standard InChI is InChI=1S/C18H18ClFN2O4.ClH/c19-14-4-3-11(8-15(14)20)16-12(9-21-6-7-25-16)10-26-17-13(18(23)24)2-1-5-22-17;/h1-5,8,12,16,21H,6-7,9-10H2,(H,23,24);1H/t12-,16-;/m0./s1. The van der Waals surface area contributed by atoms with Gasteiger partial charge >= 0.3 is 5.97 Å². The van der Waals surface area contributed by atoms with Gasteiger partial charge in [0.2, 0.25) is 5.88 Å². The van der Waals surface area contributed by atoms with Gasteiger partial charge in [-0.2, -0.15) is 0 Å².